The standard InChI is InChI=1S/C15H21N3/c1-11(16-2)15(8-9-15)10-13-12-6-4-5-7-14(12)18(3)17-13/h4-7,11,16H,8-10H2,1-3H3. The van der Waals surface area contributed by atoms with Crippen molar-refractivity contribution in [1.29, 1.82) is 0 Å². The van der Waals surface area contributed by atoms with Crippen molar-refractivity contribution < 1.29 is 0 Å². The summed E-state index contributed by atoms with van der Waals surface area (Å²) in [6.07, 6.45) is 3.73. The molecule has 3 nitrogen and oxygen atoms in total. The quantitative estimate of drug-likeness (QED) is 0.894. The van der Waals surface area contributed by atoms with Gasteiger partial charge in [0.1, 0.15) is 0 Å². The van der Waals surface area contributed by atoms with Crippen LogP contribution in [0.15, 0.2) is 24.3 Å². The Morgan fingerprint density at radius 2 is 2.11 bits per heavy atom. The number of rotatable bonds is 4. The molecule has 1 unspecified atom stereocenters. The highest BCUT2D eigenvalue weighted by atomic mass is 15.3. The Kier molecular flexibility index (Phi) is 2.67. The fourth-order valence-electron chi connectivity index (χ4n) is 2.98. The topological polar surface area (TPSA) is 29.9 Å². The maximum Gasteiger partial charge on any atom is 0.0709 e. The molecule has 18 heavy (non-hydrogen) atoms. The van der Waals surface area contributed by atoms with Crippen LogP contribution >= 0.6 is 0 Å². The van der Waals surface area contributed by atoms with Crippen LogP contribution in [0.4, 0.5) is 0 Å². The predicted molar refractivity (Wildman–Crippen MR) is 74.6 cm³/mol. The van der Waals surface area contributed by atoms with Gasteiger partial charge in [-0.2, -0.15) is 5.10 Å². The Balaban J connectivity index is 1.96. The smallest absolute Gasteiger partial charge is 0.0709 e. The average molecular weight is 243 g/mol. The summed E-state index contributed by atoms with van der Waals surface area (Å²) in [6, 6.07) is 9.09. The van der Waals surface area contributed by atoms with E-state index in [1.807, 2.05) is 11.7 Å². The van der Waals surface area contributed by atoms with Gasteiger partial charge in [-0.3, -0.25) is 4.68 Å². The van der Waals surface area contributed by atoms with Crippen LogP contribution < -0.4 is 5.32 Å². The molecule has 1 saturated carbocycles. The normalized spacial score (nSPS) is 19.1. The number of nitrogens with one attached hydrogen (secondary N) is 1. The van der Waals surface area contributed by atoms with Gasteiger partial charge >= 0.3 is 0 Å². The minimum atomic E-state index is 0.436. The molecule has 0 amide bonds. The lowest BCUT2D eigenvalue weighted by Crippen LogP contribution is -2.33. The van der Waals surface area contributed by atoms with Gasteiger partial charge in [-0.25, -0.2) is 0 Å². The first-order valence-corrected chi connectivity index (χ1v) is 6.74. The second-order valence-corrected chi connectivity index (χ2v) is 5.64. The second kappa shape index (κ2) is 4.09. The molecule has 3 heteroatoms. The molecule has 1 aliphatic carbocycles. The zero-order chi connectivity index (χ0) is 12.8. The Morgan fingerprint density at radius 3 is 2.78 bits per heavy atom. The summed E-state index contributed by atoms with van der Waals surface area (Å²) >= 11 is 0. The molecule has 2 aromatic rings. The van der Waals surface area contributed by atoms with E-state index in [4.69, 9.17) is 5.10 Å². The molecule has 1 heterocycles. The molecular formula is C15H21N3. The van der Waals surface area contributed by atoms with E-state index in [1.54, 1.807) is 0 Å². The van der Waals surface area contributed by atoms with Crippen molar-refractivity contribution in [3.05, 3.63) is 30.0 Å². The summed E-state index contributed by atoms with van der Waals surface area (Å²) in [7, 11) is 4.09. The van der Waals surface area contributed by atoms with Crippen molar-refractivity contribution in [2.75, 3.05) is 7.05 Å². The van der Waals surface area contributed by atoms with E-state index in [-0.39, 0.29) is 0 Å². The van der Waals surface area contributed by atoms with Crippen LogP contribution in [0.25, 0.3) is 10.9 Å². The highest BCUT2D eigenvalue weighted by Crippen LogP contribution is 2.51. The number of benzene rings is 1. The van der Waals surface area contributed by atoms with Crippen LogP contribution in [0.2, 0.25) is 0 Å². The Labute approximate surface area is 108 Å². The van der Waals surface area contributed by atoms with Crippen molar-refractivity contribution >= 4 is 10.9 Å². The highest BCUT2D eigenvalue weighted by molar-refractivity contribution is 5.82. The number of nitrogens with zero attached hydrogens (tertiary/aromatic N) is 2. The van der Waals surface area contributed by atoms with Gasteiger partial charge in [0.2, 0.25) is 0 Å². The summed E-state index contributed by atoms with van der Waals surface area (Å²) in [4.78, 5) is 0. The van der Waals surface area contributed by atoms with Gasteiger partial charge in [-0.05, 0) is 44.7 Å². The van der Waals surface area contributed by atoms with Crippen molar-refractivity contribution in [3.63, 3.8) is 0 Å². The second-order valence-electron chi connectivity index (χ2n) is 5.64. The lowest BCUT2D eigenvalue weighted by molar-refractivity contribution is 0.366. The Hall–Kier alpha value is -1.35. The lowest BCUT2D eigenvalue weighted by Gasteiger charge is -2.22. The lowest BCUT2D eigenvalue weighted by atomic mass is 9.91. The zero-order valence-electron chi connectivity index (χ0n) is 11.4. The summed E-state index contributed by atoms with van der Waals surface area (Å²) in [5.74, 6) is 0. The first-order chi connectivity index (χ1) is 8.66. The van der Waals surface area contributed by atoms with Crippen LogP contribution in [0.5, 0.6) is 0 Å². The van der Waals surface area contributed by atoms with Crippen molar-refractivity contribution in [2.24, 2.45) is 12.5 Å². The van der Waals surface area contributed by atoms with Gasteiger partial charge in [-0.15, -0.1) is 0 Å². The largest absolute Gasteiger partial charge is 0.317 e. The molecule has 96 valence electrons. The Morgan fingerprint density at radius 1 is 1.39 bits per heavy atom. The third-order valence-electron chi connectivity index (χ3n) is 4.60. The summed E-state index contributed by atoms with van der Waals surface area (Å²) in [6.45, 7) is 2.29. The number of para-hydroxylation sites is 1. The number of aryl methyl sites for hydroxylation is 1. The van der Waals surface area contributed by atoms with E-state index in [1.165, 1.54) is 29.4 Å². The molecule has 1 atom stereocenters. The van der Waals surface area contributed by atoms with Crippen LogP contribution in [0, 0.1) is 5.41 Å². The highest BCUT2D eigenvalue weighted by Gasteiger charge is 2.47. The molecule has 1 aromatic heterocycles. The SMILES string of the molecule is CNC(C)C1(Cc2nn(C)c3ccccc23)CC1. The molecule has 3 rings (SSSR count). The van der Waals surface area contributed by atoms with Gasteiger partial charge in [0, 0.05) is 18.5 Å². The van der Waals surface area contributed by atoms with E-state index >= 15 is 0 Å². The maximum absolute atomic E-state index is 4.72. The number of aromatic nitrogens is 2. The van der Waals surface area contributed by atoms with Crippen molar-refractivity contribution in [2.45, 2.75) is 32.2 Å². The van der Waals surface area contributed by atoms with Crippen molar-refractivity contribution in [3.8, 4) is 0 Å². The first-order valence-electron chi connectivity index (χ1n) is 6.74. The maximum atomic E-state index is 4.72. The third-order valence-corrected chi connectivity index (χ3v) is 4.60. The minimum absolute atomic E-state index is 0.436. The van der Waals surface area contributed by atoms with Gasteiger partial charge in [-0.1, -0.05) is 18.2 Å². The third kappa shape index (κ3) is 1.74. The van der Waals surface area contributed by atoms with Gasteiger partial charge in [0.25, 0.3) is 0 Å². The van der Waals surface area contributed by atoms with E-state index in [2.05, 4.69) is 43.6 Å². The molecule has 1 N–H and O–H groups in total. The molecule has 1 aliphatic rings. The predicted octanol–water partition coefficient (Wildman–Crippen LogP) is 2.50. The molecule has 0 radical (unpaired) electrons. The Bertz CT molecular complexity index is 566. The van der Waals surface area contributed by atoms with Gasteiger partial charge < -0.3 is 5.32 Å². The molecule has 0 aliphatic heterocycles. The minimum Gasteiger partial charge on any atom is -0.317 e. The average Bonchev–Trinajstić information content (AvgIpc) is 3.11. The fraction of sp³-hybridized carbons (Fsp3) is 0.533. The van der Waals surface area contributed by atoms with E-state index in [0.29, 0.717) is 11.5 Å². The van der Waals surface area contributed by atoms with Crippen LogP contribution in [0.3, 0.4) is 0 Å². The number of hydrogen-bond acceptors (Lipinski definition) is 2. The molecule has 1 aromatic carbocycles. The fourth-order valence-corrected chi connectivity index (χ4v) is 2.98. The van der Waals surface area contributed by atoms with Crippen LogP contribution in [-0.4, -0.2) is 22.9 Å². The van der Waals surface area contributed by atoms with Gasteiger partial charge in [0.05, 0.1) is 11.2 Å². The van der Waals surface area contributed by atoms with Crippen molar-refractivity contribution in [1.82, 2.24) is 15.1 Å². The molecule has 0 saturated heterocycles. The monoisotopic (exact) mass is 243 g/mol. The van der Waals surface area contributed by atoms with Crippen LogP contribution in [-0.2, 0) is 13.5 Å². The summed E-state index contributed by atoms with van der Waals surface area (Å²) in [5, 5.41) is 9.44. The molecule has 1 fully saturated rings. The zero-order valence-corrected chi connectivity index (χ0v) is 11.4. The number of hydrogen-bond donors (Lipinski definition) is 1. The van der Waals surface area contributed by atoms with Gasteiger partial charge in [0.15, 0.2) is 0 Å². The molecule has 0 bridgehead atoms. The molecular weight excluding hydrogens is 222 g/mol. The van der Waals surface area contributed by atoms with Crippen LogP contribution in [0.1, 0.15) is 25.5 Å². The summed E-state index contributed by atoms with van der Waals surface area (Å²) in [5.41, 5.74) is 2.93. The van der Waals surface area contributed by atoms with E-state index < -0.39 is 0 Å². The van der Waals surface area contributed by atoms with E-state index in [9.17, 15) is 0 Å². The van der Waals surface area contributed by atoms with E-state index in [0.717, 1.165) is 6.42 Å². The molecule has 0 spiro atoms. The summed E-state index contributed by atoms with van der Waals surface area (Å²) < 4.78 is 2.00. The first kappa shape index (κ1) is 11.7. The number of fused-ring (bicyclic) bond motifs is 1.